The molecule has 1 saturated heterocycles. The molecule has 1 atom stereocenters. The van der Waals surface area contributed by atoms with Gasteiger partial charge in [0.25, 0.3) is 0 Å². The van der Waals surface area contributed by atoms with E-state index in [0.29, 0.717) is 18.3 Å². The van der Waals surface area contributed by atoms with E-state index in [1.807, 2.05) is 39.8 Å². The largest absolute Gasteiger partial charge is 0.353 e. The molecule has 8 heteroatoms. The maximum Gasteiger partial charge on any atom is 0.192 e. The summed E-state index contributed by atoms with van der Waals surface area (Å²) >= 11 is 4.30. The van der Waals surface area contributed by atoms with Gasteiger partial charge in [-0.3, -0.25) is 9.08 Å². The average Bonchev–Trinajstić information content (AvgIpc) is 3.23. The van der Waals surface area contributed by atoms with Crippen LogP contribution in [0.1, 0.15) is 19.3 Å². The van der Waals surface area contributed by atoms with Gasteiger partial charge >= 0.3 is 0 Å². The monoisotopic (exact) mass is 345 g/mol. The summed E-state index contributed by atoms with van der Waals surface area (Å²) in [5.41, 5.74) is 2.85. The van der Waals surface area contributed by atoms with Crippen LogP contribution in [0.5, 0.6) is 0 Å². The van der Waals surface area contributed by atoms with E-state index in [4.69, 9.17) is 9.47 Å². The first kappa shape index (κ1) is 15.6. The number of nitrogens with zero attached hydrogens (tertiary/aromatic N) is 5. The lowest BCUT2D eigenvalue weighted by Gasteiger charge is -2.22. The van der Waals surface area contributed by atoms with Crippen LogP contribution in [-0.4, -0.2) is 43.9 Å². The second kappa shape index (κ2) is 6.92. The van der Waals surface area contributed by atoms with Crippen molar-refractivity contribution in [2.75, 3.05) is 13.2 Å². The van der Waals surface area contributed by atoms with Gasteiger partial charge in [-0.05, 0) is 31.4 Å². The smallest absolute Gasteiger partial charge is 0.192 e. The summed E-state index contributed by atoms with van der Waals surface area (Å²) in [5, 5.41) is 13.0. The van der Waals surface area contributed by atoms with Gasteiger partial charge in [0.15, 0.2) is 17.1 Å². The van der Waals surface area contributed by atoms with Crippen molar-refractivity contribution in [3.63, 3.8) is 0 Å². The highest BCUT2D eigenvalue weighted by Gasteiger charge is 2.13. The highest BCUT2D eigenvalue weighted by molar-refractivity contribution is 7.80. The van der Waals surface area contributed by atoms with Crippen LogP contribution < -0.4 is 0 Å². The number of ether oxygens (including phenoxy) is 2. The third kappa shape index (κ3) is 3.31. The zero-order valence-electron chi connectivity index (χ0n) is 13.2. The lowest BCUT2D eigenvalue weighted by atomic mass is 10.2. The van der Waals surface area contributed by atoms with Crippen molar-refractivity contribution in [2.45, 2.75) is 37.3 Å². The lowest BCUT2D eigenvalue weighted by molar-refractivity contribution is -0.163. The third-order valence-electron chi connectivity index (χ3n) is 4.11. The van der Waals surface area contributed by atoms with Crippen molar-refractivity contribution in [3.8, 4) is 11.1 Å². The number of thiol groups is 1. The Bertz CT molecular complexity index is 825. The average molecular weight is 345 g/mol. The van der Waals surface area contributed by atoms with E-state index >= 15 is 0 Å². The van der Waals surface area contributed by atoms with Crippen LogP contribution in [0, 0.1) is 0 Å². The number of fused-ring (bicyclic) bond motifs is 1. The van der Waals surface area contributed by atoms with Gasteiger partial charge < -0.3 is 9.47 Å². The molecule has 0 bridgehead atoms. The SMILES string of the molecule is Sc1nnc2ccc(-c3cnn(CCOC4CCCCO4)c3)cn12. The molecule has 0 aliphatic carbocycles. The molecule has 126 valence electrons. The summed E-state index contributed by atoms with van der Waals surface area (Å²) in [6.45, 7) is 2.10. The summed E-state index contributed by atoms with van der Waals surface area (Å²) in [6, 6.07) is 3.92. The Morgan fingerprint density at radius 2 is 2.17 bits per heavy atom. The zero-order valence-corrected chi connectivity index (χ0v) is 14.1. The summed E-state index contributed by atoms with van der Waals surface area (Å²) < 4.78 is 15.0. The second-order valence-electron chi connectivity index (χ2n) is 5.80. The van der Waals surface area contributed by atoms with E-state index in [9.17, 15) is 0 Å². The zero-order chi connectivity index (χ0) is 16.4. The summed E-state index contributed by atoms with van der Waals surface area (Å²) in [6.07, 6.45) is 9.05. The van der Waals surface area contributed by atoms with Gasteiger partial charge in [0, 0.05) is 30.1 Å². The van der Waals surface area contributed by atoms with E-state index < -0.39 is 0 Å². The minimum absolute atomic E-state index is 0.0567. The molecule has 0 saturated carbocycles. The van der Waals surface area contributed by atoms with Crippen LogP contribution >= 0.6 is 12.6 Å². The molecular formula is C16H19N5O2S. The van der Waals surface area contributed by atoms with Crippen LogP contribution in [0.25, 0.3) is 16.8 Å². The molecule has 0 amide bonds. The first-order chi connectivity index (χ1) is 11.8. The van der Waals surface area contributed by atoms with Crippen LogP contribution in [0.15, 0.2) is 35.9 Å². The first-order valence-electron chi connectivity index (χ1n) is 8.09. The number of hydrogen-bond acceptors (Lipinski definition) is 6. The fraction of sp³-hybridized carbons (Fsp3) is 0.438. The molecule has 4 rings (SSSR count). The maximum atomic E-state index is 5.75. The number of rotatable bonds is 5. The van der Waals surface area contributed by atoms with Crippen molar-refractivity contribution >= 4 is 18.3 Å². The summed E-state index contributed by atoms with van der Waals surface area (Å²) in [7, 11) is 0. The van der Waals surface area contributed by atoms with Gasteiger partial charge in [-0.25, -0.2) is 0 Å². The van der Waals surface area contributed by atoms with Crippen molar-refractivity contribution in [1.82, 2.24) is 24.4 Å². The molecule has 0 N–H and O–H groups in total. The number of hydrogen-bond donors (Lipinski definition) is 1. The minimum Gasteiger partial charge on any atom is -0.353 e. The first-order valence-corrected chi connectivity index (χ1v) is 8.54. The minimum atomic E-state index is -0.0567. The standard InChI is InChI=1S/C16H19N5O2S/c24-16-19-18-14-5-4-12(11-21(14)16)13-9-17-20(10-13)6-8-23-15-3-1-2-7-22-15/h4-5,9-11,15H,1-3,6-8H2,(H,19,24). The molecule has 4 heterocycles. The number of aromatic nitrogens is 5. The Hall–Kier alpha value is -1.90. The molecule has 1 aliphatic rings. The molecular weight excluding hydrogens is 326 g/mol. The topological polar surface area (TPSA) is 66.5 Å². The quantitative estimate of drug-likeness (QED) is 0.720. The van der Waals surface area contributed by atoms with Crippen LogP contribution in [0.4, 0.5) is 0 Å². The predicted octanol–water partition coefficient (Wildman–Crippen LogP) is 2.42. The molecule has 0 aromatic carbocycles. The van der Waals surface area contributed by atoms with Crippen molar-refractivity contribution < 1.29 is 9.47 Å². The van der Waals surface area contributed by atoms with Crippen LogP contribution in [0.3, 0.4) is 0 Å². The highest BCUT2D eigenvalue weighted by atomic mass is 32.1. The molecule has 0 radical (unpaired) electrons. The maximum absolute atomic E-state index is 5.75. The molecule has 1 aliphatic heterocycles. The Labute approximate surface area is 145 Å². The molecule has 1 fully saturated rings. The lowest BCUT2D eigenvalue weighted by Crippen LogP contribution is -2.24. The fourth-order valence-corrected chi connectivity index (χ4v) is 3.01. The van der Waals surface area contributed by atoms with E-state index in [0.717, 1.165) is 36.2 Å². The van der Waals surface area contributed by atoms with Crippen molar-refractivity contribution in [3.05, 3.63) is 30.7 Å². The van der Waals surface area contributed by atoms with Crippen LogP contribution in [0.2, 0.25) is 0 Å². The number of pyridine rings is 1. The third-order valence-corrected chi connectivity index (χ3v) is 4.42. The Morgan fingerprint density at radius 3 is 3.04 bits per heavy atom. The fourth-order valence-electron chi connectivity index (χ4n) is 2.80. The van der Waals surface area contributed by atoms with Crippen LogP contribution in [-0.2, 0) is 16.0 Å². The van der Waals surface area contributed by atoms with Gasteiger partial charge in [0.2, 0.25) is 0 Å². The van der Waals surface area contributed by atoms with Crippen molar-refractivity contribution in [2.24, 2.45) is 0 Å². The van der Waals surface area contributed by atoms with Gasteiger partial charge in [-0.1, -0.05) is 0 Å². The van der Waals surface area contributed by atoms with Gasteiger partial charge in [0.1, 0.15) is 0 Å². The van der Waals surface area contributed by atoms with E-state index in [2.05, 4.69) is 27.9 Å². The molecule has 1 unspecified atom stereocenters. The predicted molar refractivity (Wildman–Crippen MR) is 91.0 cm³/mol. The molecule has 24 heavy (non-hydrogen) atoms. The van der Waals surface area contributed by atoms with Gasteiger partial charge in [-0.2, -0.15) is 5.10 Å². The Kier molecular flexibility index (Phi) is 4.50. The summed E-state index contributed by atoms with van der Waals surface area (Å²) in [4.78, 5) is 0. The normalized spacial score (nSPS) is 18.3. The molecule has 7 nitrogen and oxygen atoms in total. The summed E-state index contributed by atoms with van der Waals surface area (Å²) in [5.74, 6) is 0. The van der Waals surface area contributed by atoms with E-state index in [1.54, 1.807) is 0 Å². The second-order valence-corrected chi connectivity index (χ2v) is 6.20. The highest BCUT2D eigenvalue weighted by Crippen LogP contribution is 2.20. The van der Waals surface area contributed by atoms with E-state index in [-0.39, 0.29) is 6.29 Å². The van der Waals surface area contributed by atoms with Crippen molar-refractivity contribution in [1.29, 1.82) is 0 Å². The van der Waals surface area contributed by atoms with E-state index in [1.165, 1.54) is 6.42 Å². The molecule has 3 aromatic heterocycles. The van der Waals surface area contributed by atoms with Gasteiger partial charge in [-0.15, -0.1) is 22.8 Å². The Morgan fingerprint density at radius 1 is 1.21 bits per heavy atom. The van der Waals surface area contributed by atoms with Gasteiger partial charge in [0.05, 0.1) is 19.3 Å². The Balaban J connectivity index is 1.40. The molecule has 3 aromatic rings. The molecule has 0 spiro atoms.